The number of benzene rings is 1. The minimum absolute atomic E-state index is 0.208. The molecule has 1 aromatic carbocycles. The van der Waals surface area contributed by atoms with Crippen LogP contribution in [-0.2, 0) is 0 Å². The lowest BCUT2D eigenvalue weighted by atomic mass is 10.2. The fraction of sp³-hybridized carbons (Fsp3) is 0. The van der Waals surface area contributed by atoms with Crippen LogP contribution < -0.4 is 5.73 Å². The van der Waals surface area contributed by atoms with Gasteiger partial charge in [-0.05, 0) is 40.8 Å². The summed E-state index contributed by atoms with van der Waals surface area (Å²) in [5, 5.41) is 1.23. The number of anilines is 1. The Morgan fingerprint density at radius 3 is 2.85 bits per heavy atom. The summed E-state index contributed by atoms with van der Waals surface area (Å²) in [7, 11) is 0. The van der Waals surface area contributed by atoms with Gasteiger partial charge in [0.1, 0.15) is 5.15 Å². The van der Waals surface area contributed by atoms with Gasteiger partial charge in [-0.2, -0.15) is 0 Å². The number of nitrogens with zero attached hydrogens (tertiary/aromatic N) is 2. The number of rotatable bonds is 0. The summed E-state index contributed by atoms with van der Waals surface area (Å²) in [6.07, 6.45) is 0. The van der Waals surface area contributed by atoms with Crippen LogP contribution in [0.15, 0.2) is 18.2 Å². The minimum atomic E-state index is 0.208. The summed E-state index contributed by atoms with van der Waals surface area (Å²) < 4.78 is 1.10. The first-order valence-electron chi connectivity index (χ1n) is 3.55. The van der Waals surface area contributed by atoms with E-state index < -0.39 is 0 Å². The van der Waals surface area contributed by atoms with E-state index in [4.69, 9.17) is 17.3 Å². The van der Waals surface area contributed by atoms with Gasteiger partial charge in [-0.1, -0.05) is 11.6 Å². The highest BCUT2D eigenvalue weighted by molar-refractivity contribution is 14.1. The molecule has 0 saturated carbocycles. The highest BCUT2D eigenvalue weighted by Crippen LogP contribution is 2.22. The Morgan fingerprint density at radius 2 is 2.08 bits per heavy atom. The molecule has 0 aliphatic carbocycles. The Morgan fingerprint density at radius 1 is 1.31 bits per heavy atom. The fourth-order valence-corrected chi connectivity index (χ4v) is 1.80. The van der Waals surface area contributed by atoms with Crippen LogP contribution in [0.25, 0.3) is 10.9 Å². The normalized spacial score (nSPS) is 10.6. The molecule has 0 amide bonds. The van der Waals surface area contributed by atoms with Gasteiger partial charge in [-0.3, -0.25) is 0 Å². The quantitative estimate of drug-likeness (QED) is 0.601. The Labute approximate surface area is 93.5 Å². The van der Waals surface area contributed by atoms with Gasteiger partial charge in [-0.15, -0.1) is 0 Å². The molecule has 2 rings (SSSR count). The van der Waals surface area contributed by atoms with E-state index in [1.54, 1.807) is 0 Å². The van der Waals surface area contributed by atoms with Gasteiger partial charge in [0.25, 0.3) is 0 Å². The zero-order valence-corrected chi connectivity index (χ0v) is 9.37. The average molecular weight is 306 g/mol. The van der Waals surface area contributed by atoms with Gasteiger partial charge in [0.05, 0.1) is 5.52 Å². The Balaban J connectivity index is 2.86. The maximum Gasteiger partial charge on any atom is 0.222 e. The zero-order valence-electron chi connectivity index (χ0n) is 6.46. The highest BCUT2D eigenvalue weighted by Gasteiger charge is 2.03. The van der Waals surface area contributed by atoms with Crippen molar-refractivity contribution >= 4 is 51.0 Å². The van der Waals surface area contributed by atoms with E-state index in [-0.39, 0.29) is 5.95 Å². The van der Waals surface area contributed by atoms with Crippen molar-refractivity contribution in [2.24, 2.45) is 0 Å². The molecule has 13 heavy (non-hydrogen) atoms. The van der Waals surface area contributed by atoms with E-state index in [0.29, 0.717) is 5.15 Å². The number of nitrogens with two attached hydrogens (primary N) is 1. The molecule has 0 unspecified atom stereocenters. The lowest BCUT2D eigenvalue weighted by molar-refractivity contribution is 1.24. The van der Waals surface area contributed by atoms with Crippen molar-refractivity contribution in [3.63, 3.8) is 0 Å². The molecule has 2 N–H and O–H groups in total. The van der Waals surface area contributed by atoms with Crippen LogP contribution in [0.2, 0.25) is 5.15 Å². The Kier molecular flexibility index (Phi) is 2.25. The van der Waals surface area contributed by atoms with Gasteiger partial charge in [0, 0.05) is 8.96 Å². The van der Waals surface area contributed by atoms with Crippen molar-refractivity contribution in [3.05, 3.63) is 26.9 Å². The lowest BCUT2D eigenvalue weighted by Crippen LogP contribution is -1.95. The summed E-state index contributed by atoms with van der Waals surface area (Å²) in [4.78, 5) is 7.94. The van der Waals surface area contributed by atoms with Crippen LogP contribution in [0, 0.1) is 3.57 Å². The summed E-state index contributed by atoms with van der Waals surface area (Å²) in [5.74, 6) is 0.208. The van der Waals surface area contributed by atoms with Crippen LogP contribution in [0.5, 0.6) is 0 Å². The van der Waals surface area contributed by atoms with Crippen molar-refractivity contribution in [1.82, 2.24) is 9.97 Å². The lowest BCUT2D eigenvalue weighted by Gasteiger charge is -2.00. The molecule has 0 spiro atoms. The smallest absolute Gasteiger partial charge is 0.222 e. The van der Waals surface area contributed by atoms with Crippen LogP contribution in [0.4, 0.5) is 5.95 Å². The maximum atomic E-state index is 5.88. The molecule has 0 radical (unpaired) electrons. The van der Waals surface area contributed by atoms with Gasteiger partial charge in [-0.25, -0.2) is 9.97 Å². The monoisotopic (exact) mass is 305 g/mol. The van der Waals surface area contributed by atoms with Crippen molar-refractivity contribution in [2.45, 2.75) is 0 Å². The number of halogens is 2. The molecular formula is C8H5ClIN3. The molecular weight excluding hydrogens is 300 g/mol. The van der Waals surface area contributed by atoms with Crippen LogP contribution in [0.1, 0.15) is 0 Å². The second kappa shape index (κ2) is 3.26. The fourth-order valence-electron chi connectivity index (χ4n) is 1.08. The third-order valence-electron chi connectivity index (χ3n) is 1.63. The van der Waals surface area contributed by atoms with Gasteiger partial charge in [0.15, 0.2) is 0 Å². The van der Waals surface area contributed by atoms with E-state index in [0.717, 1.165) is 14.5 Å². The standard InChI is InChI=1S/C8H5ClIN3/c9-7-5-2-1-4(10)3-6(5)12-8(11)13-7/h1-3H,(H2,11,12,13). The molecule has 0 saturated heterocycles. The zero-order chi connectivity index (χ0) is 9.42. The van der Waals surface area contributed by atoms with E-state index in [2.05, 4.69) is 32.6 Å². The van der Waals surface area contributed by atoms with Crippen molar-refractivity contribution < 1.29 is 0 Å². The van der Waals surface area contributed by atoms with Crippen LogP contribution >= 0.6 is 34.2 Å². The first-order chi connectivity index (χ1) is 6.16. The minimum Gasteiger partial charge on any atom is -0.368 e. The molecule has 66 valence electrons. The van der Waals surface area contributed by atoms with Gasteiger partial charge >= 0.3 is 0 Å². The average Bonchev–Trinajstić information content (AvgIpc) is 2.02. The Bertz CT molecular complexity index is 467. The predicted molar refractivity (Wildman–Crippen MR) is 61.7 cm³/mol. The Hall–Kier alpha value is -0.620. The second-order valence-corrected chi connectivity index (χ2v) is 4.14. The van der Waals surface area contributed by atoms with Crippen LogP contribution in [-0.4, -0.2) is 9.97 Å². The molecule has 0 aliphatic rings. The molecule has 0 atom stereocenters. The number of hydrogen-bond donors (Lipinski definition) is 1. The summed E-state index contributed by atoms with van der Waals surface area (Å²) in [6, 6.07) is 5.76. The van der Waals surface area contributed by atoms with Crippen molar-refractivity contribution in [2.75, 3.05) is 5.73 Å². The highest BCUT2D eigenvalue weighted by atomic mass is 127. The predicted octanol–water partition coefficient (Wildman–Crippen LogP) is 2.47. The molecule has 1 heterocycles. The first kappa shape index (κ1) is 8.96. The van der Waals surface area contributed by atoms with E-state index >= 15 is 0 Å². The molecule has 5 heteroatoms. The largest absolute Gasteiger partial charge is 0.368 e. The SMILES string of the molecule is Nc1nc(Cl)c2ccc(I)cc2n1. The van der Waals surface area contributed by atoms with E-state index in [1.165, 1.54) is 0 Å². The number of hydrogen-bond acceptors (Lipinski definition) is 3. The summed E-state index contributed by atoms with van der Waals surface area (Å²) >= 11 is 8.09. The van der Waals surface area contributed by atoms with Gasteiger partial charge < -0.3 is 5.73 Å². The number of aromatic nitrogens is 2. The van der Waals surface area contributed by atoms with Crippen molar-refractivity contribution in [3.8, 4) is 0 Å². The molecule has 3 nitrogen and oxygen atoms in total. The maximum absolute atomic E-state index is 5.88. The molecule has 0 aliphatic heterocycles. The number of nitrogen functional groups attached to an aromatic ring is 1. The molecule has 0 fully saturated rings. The molecule has 2 aromatic rings. The molecule has 1 aromatic heterocycles. The van der Waals surface area contributed by atoms with E-state index in [1.807, 2.05) is 18.2 Å². The van der Waals surface area contributed by atoms with Crippen molar-refractivity contribution in [1.29, 1.82) is 0 Å². The van der Waals surface area contributed by atoms with E-state index in [9.17, 15) is 0 Å². The third-order valence-corrected chi connectivity index (χ3v) is 2.59. The van der Waals surface area contributed by atoms with Gasteiger partial charge in [0.2, 0.25) is 5.95 Å². The second-order valence-electron chi connectivity index (χ2n) is 2.53. The van der Waals surface area contributed by atoms with Crippen LogP contribution in [0.3, 0.4) is 0 Å². The summed E-state index contributed by atoms with van der Waals surface area (Å²) in [6.45, 7) is 0. The number of fused-ring (bicyclic) bond motifs is 1. The third kappa shape index (κ3) is 1.68. The molecule has 0 bridgehead atoms. The topological polar surface area (TPSA) is 51.8 Å². The summed E-state index contributed by atoms with van der Waals surface area (Å²) in [5.41, 5.74) is 6.25. The first-order valence-corrected chi connectivity index (χ1v) is 5.01.